The summed E-state index contributed by atoms with van der Waals surface area (Å²) in [7, 11) is 0. The molecule has 0 spiro atoms. The number of carbonyl (C=O) groups is 2. The molecule has 0 aromatic rings. The highest BCUT2D eigenvalue weighted by atomic mass is 35.5. The van der Waals surface area contributed by atoms with Crippen molar-refractivity contribution in [1.82, 2.24) is 0 Å². The minimum absolute atomic E-state index is 0.0208. The van der Waals surface area contributed by atoms with Crippen LogP contribution in [0.2, 0.25) is 0 Å². The summed E-state index contributed by atoms with van der Waals surface area (Å²) in [6.07, 6.45) is 0. The molecule has 0 fully saturated rings. The summed E-state index contributed by atoms with van der Waals surface area (Å²) in [5.41, 5.74) is 5.16. The summed E-state index contributed by atoms with van der Waals surface area (Å²) in [5, 5.41) is 7.72. The lowest BCUT2D eigenvalue weighted by Crippen LogP contribution is -2.34. The second kappa shape index (κ2) is 8.29. The SMILES string of the molecule is CC(C)[C@H](N)C(=O)O.O=C(Cl)CCl. The predicted octanol–water partition coefficient (Wildman–Crippen LogP) is 1.04. The molecule has 0 radical (unpaired) electrons. The highest BCUT2D eigenvalue weighted by Gasteiger charge is 2.14. The topological polar surface area (TPSA) is 80.4 Å². The minimum atomic E-state index is -0.931. The molecule has 0 bridgehead atoms. The quantitative estimate of drug-likeness (QED) is 0.560. The molecule has 0 heterocycles. The Morgan fingerprint density at radius 1 is 1.46 bits per heavy atom. The highest BCUT2D eigenvalue weighted by Crippen LogP contribution is 1.96. The van der Waals surface area contributed by atoms with Crippen molar-refractivity contribution in [3.05, 3.63) is 0 Å². The Balaban J connectivity index is 0. The Hall–Kier alpha value is -0.320. The molecule has 0 saturated heterocycles. The smallest absolute Gasteiger partial charge is 0.320 e. The summed E-state index contributed by atoms with van der Waals surface area (Å²) in [6, 6.07) is -0.713. The monoisotopic (exact) mass is 229 g/mol. The van der Waals surface area contributed by atoms with Gasteiger partial charge in [-0.1, -0.05) is 13.8 Å². The number of carbonyl (C=O) groups excluding carboxylic acids is 1. The average molecular weight is 230 g/mol. The number of hydrogen-bond acceptors (Lipinski definition) is 3. The number of hydrogen-bond donors (Lipinski definition) is 2. The van der Waals surface area contributed by atoms with E-state index in [9.17, 15) is 9.59 Å². The normalized spacial score (nSPS) is 11.5. The van der Waals surface area contributed by atoms with Crippen LogP contribution in [0.1, 0.15) is 13.8 Å². The molecular formula is C7H13Cl2NO3. The van der Waals surface area contributed by atoms with E-state index in [-0.39, 0.29) is 11.8 Å². The third kappa shape index (κ3) is 11.7. The lowest BCUT2D eigenvalue weighted by molar-refractivity contribution is -0.139. The Kier molecular flexibility index (Phi) is 9.67. The second-order valence-corrected chi connectivity index (χ2v) is 3.29. The molecule has 13 heavy (non-hydrogen) atoms. The maximum atomic E-state index is 10.0. The Labute approximate surface area is 87.0 Å². The van der Waals surface area contributed by atoms with Crippen molar-refractivity contribution in [2.45, 2.75) is 19.9 Å². The zero-order chi connectivity index (χ0) is 11.0. The van der Waals surface area contributed by atoms with Gasteiger partial charge >= 0.3 is 5.97 Å². The summed E-state index contributed by atoms with van der Waals surface area (Å²) >= 11 is 9.55. The van der Waals surface area contributed by atoms with Gasteiger partial charge in [0, 0.05) is 0 Å². The summed E-state index contributed by atoms with van der Waals surface area (Å²) in [6.45, 7) is 3.55. The fraction of sp³-hybridized carbons (Fsp3) is 0.714. The fourth-order valence-electron chi connectivity index (χ4n) is 0.285. The number of alkyl halides is 1. The van der Waals surface area contributed by atoms with Crippen molar-refractivity contribution in [1.29, 1.82) is 0 Å². The van der Waals surface area contributed by atoms with Crippen LogP contribution in [-0.4, -0.2) is 28.2 Å². The molecule has 0 aliphatic rings. The van der Waals surface area contributed by atoms with E-state index < -0.39 is 17.3 Å². The Morgan fingerprint density at radius 3 is 1.77 bits per heavy atom. The van der Waals surface area contributed by atoms with Gasteiger partial charge in [-0.15, -0.1) is 11.6 Å². The lowest BCUT2D eigenvalue weighted by Gasteiger charge is -2.07. The van der Waals surface area contributed by atoms with Gasteiger partial charge in [0.2, 0.25) is 5.24 Å². The van der Waals surface area contributed by atoms with Gasteiger partial charge in [0.1, 0.15) is 6.04 Å². The van der Waals surface area contributed by atoms with E-state index in [1.807, 2.05) is 0 Å². The Morgan fingerprint density at radius 2 is 1.77 bits per heavy atom. The van der Waals surface area contributed by atoms with Crippen LogP contribution < -0.4 is 5.73 Å². The summed E-state index contributed by atoms with van der Waals surface area (Å²) < 4.78 is 0. The number of aliphatic carboxylic acids is 1. The molecule has 0 aliphatic heterocycles. The number of rotatable bonds is 3. The van der Waals surface area contributed by atoms with Crippen molar-refractivity contribution >= 4 is 34.4 Å². The molecule has 0 saturated carbocycles. The first kappa shape index (κ1) is 15.2. The van der Waals surface area contributed by atoms with Gasteiger partial charge in [-0.2, -0.15) is 0 Å². The van der Waals surface area contributed by atoms with Crippen molar-refractivity contribution in [2.75, 3.05) is 5.88 Å². The fourth-order valence-corrected chi connectivity index (χ4v) is 0.285. The molecule has 0 aromatic heterocycles. The third-order valence-electron chi connectivity index (χ3n) is 1.11. The minimum Gasteiger partial charge on any atom is -0.480 e. The highest BCUT2D eigenvalue weighted by molar-refractivity contribution is 6.67. The van der Waals surface area contributed by atoms with E-state index >= 15 is 0 Å². The Bertz CT molecular complexity index is 173. The van der Waals surface area contributed by atoms with Gasteiger partial charge in [-0.05, 0) is 17.5 Å². The van der Waals surface area contributed by atoms with E-state index in [1.165, 1.54) is 0 Å². The van der Waals surface area contributed by atoms with Crippen molar-refractivity contribution < 1.29 is 14.7 Å². The van der Waals surface area contributed by atoms with E-state index in [2.05, 4.69) is 0 Å². The zero-order valence-corrected chi connectivity index (χ0v) is 8.97. The molecule has 0 amide bonds. The molecule has 0 aliphatic carbocycles. The summed E-state index contributed by atoms with van der Waals surface area (Å²) in [4.78, 5) is 19.5. The maximum absolute atomic E-state index is 10.0. The van der Waals surface area contributed by atoms with Crippen LogP contribution in [0.15, 0.2) is 0 Å². The molecular weight excluding hydrogens is 217 g/mol. The van der Waals surface area contributed by atoms with Gasteiger partial charge in [-0.25, -0.2) is 0 Å². The van der Waals surface area contributed by atoms with E-state index in [0.29, 0.717) is 0 Å². The van der Waals surface area contributed by atoms with Crippen molar-refractivity contribution in [3.8, 4) is 0 Å². The van der Waals surface area contributed by atoms with Crippen LogP contribution in [0.25, 0.3) is 0 Å². The molecule has 0 aromatic carbocycles. The largest absolute Gasteiger partial charge is 0.480 e. The number of halogens is 2. The molecule has 0 unspecified atom stereocenters. The van der Waals surface area contributed by atoms with Crippen LogP contribution in [0.5, 0.6) is 0 Å². The molecule has 4 nitrogen and oxygen atoms in total. The first-order valence-electron chi connectivity index (χ1n) is 3.55. The number of nitrogens with two attached hydrogens (primary N) is 1. The van der Waals surface area contributed by atoms with Crippen LogP contribution in [0.3, 0.4) is 0 Å². The first-order chi connectivity index (χ1) is 5.82. The van der Waals surface area contributed by atoms with E-state index in [4.69, 9.17) is 34.0 Å². The second-order valence-electron chi connectivity index (χ2n) is 2.60. The van der Waals surface area contributed by atoms with E-state index in [1.54, 1.807) is 13.8 Å². The van der Waals surface area contributed by atoms with Crippen molar-refractivity contribution in [3.63, 3.8) is 0 Å². The van der Waals surface area contributed by atoms with Crippen LogP contribution in [-0.2, 0) is 9.59 Å². The van der Waals surface area contributed by atoms with Gasteiger partial charge < -0.3 is 10.8 Å². The lowest BCUT2D eigenvalue weighted by atomic mass is 10.1. The zero-order valence-electron chi connectivity index (χ0n) is 7.46. The maximum Gasteiger partial charge on any atom is 0.320 e. The van der Waals surface area contributed by atoms with Gasteiger partial charge in [0.05, 0.1) is 5.88 Å². The van der Waals surface area contributed by atoms with Crippen LogP contribution in [0.4, 0.5) is 0 Å². The molecule has 3 N–H and O–H groups in total. The molecule has 1 atom stereocenters. The van der Waals surface area contributed by atoms with E-state index in [0.717, 1.165) is 0 Å². The molecule has 0 rings (SSSR count). The molecule has 6 heteroatoms. The third-order valence-corrected chi connectivity index (χ3v) is 1.62. The predicted molar refractivity (Wildman–Crippen MR) is 52.0 cm³/mol. The summed E-state index contributed by atoms with van der Waals surface area (Å²) in [5.74, 6) is -1.01. The van der Waals surface area contributed by atoms with Gasteiger partial charge in [0.15, 0.2) is 0 Å². The van der Waals surface area contributed by atoms with Crippen molar-refractivity contribution in [2.24, 2.45) is 11.7 Å². The number of carboxylic acids is 1. The number of carboxylic acid groups (broad SMARTS) is 1. The standard InChI is InChI=1S/C5H11NO2.C2H2Cl2O/c1-3(2)4(6)5(7)8;3-1-2(4)5/h3-4H,6H2,1-2H3,(H,7,8);1H2/t4-;/m0./s1. The van der Waals surface area contributed by atoms with Crippen LogP contribution >= 0.6 is 23.2 Å². The van der Waals surface area contributed by atoms with Crippen LogP contribution in [0, 0.1) is 5.92 Å². The first-order valence-corrected chi connectivity index (χ1v) is 4.46. The molecule has 78 valence electrons. The van der Waals surface area contributed by atoms with Gasteiger partial charge in [0.25, 0.3) is 0 Å². The van der Waals surface area contributed by atoms with Gasteiger partial charge in [-0.3, -0.25) is 9.59 Å². The average Bonchev–Trinajstić information content (AvgIpc) is 2.03.